The van der Waals surface area contributed by atoms with Gasteiger partial charge in [0.05, 0.1) is 0 Å². The van der Waals surface area contributed by atoms with Gasteiger partial charge in [0.1, 0.15) is 5.75 Å². The minimum atomic E-state index is -0.241. The summed E-state index contributed by atoms with van der Waals surface area (Å²) in [6.45, 7) is 17.2. The van der Waals surface area contributed by atoms with E-state index in [0.29, 0.717) is 0 Å². The number of hydrogen-bond acceptors (Lipinski definition) is 2. The highest BCUT2D eigenvalue weighted by Crippen LogP contribution is 2.27. The molecule has 0 saturated heterocycles. The summed E-state index contributed by atoms with van der Waals surface area (Å²) >= 11 is 0. The molecule has 130 valence electrons. The van der Waals surface area contributed by atoms with Crippen molar-refractivity contribution in [1.29, 1.82) is 0 Å². The highest BCUT2D eigenvalue weighted by Gasteiger charge is 2.27. The zero-order chi connectivity index (χ0) is 17.9. The van der Waals surface area contributed by atoms with Gasteiger partial charge in [0.25, 0.3) is 5.91 Å². The highest BCUT2D eigenvalue weighted by atomic mass is 16.5. The number of hydrogen-bond donors (Lipinski definition) is 1. The Morgan fingerprint density at radius 2 is 1.48 bits per heavy atom. The zero-order valence-electron chi connectivity index (χ0n) is 16.0. The number of benzene rings is 1. The molecule has 1 aromatic rings. The van der Waals surface area contributed by atoms with Crippen molar-refractivity contribution >= 4 is 5.91 Å². The van der Waals surface area contributed by atoms with Crippen molar-refractivity contribution in [3.05, 3.63) is 29.8 Å². The fourth-order valence-electron chi connectivity index (χ4n) is 2.98. The van der Waals surface area contributed by atoms with Gasteiger partial charge in [0.2, 0.25) is 0 Å². The van der Waals surface area contributed by atoms with Gasteiger partial charge in [-0.25, -0.2) is 0 Å². The molecule has 0 aromatic heterocycles. The lowest BCUT2D eigenvalue weighted by Gasteiger charge is -2.33. The summed E-state index contributed by atoms with van der Waals surface area (Å²) in [4.78, 5) is 12.1. The average Bonchev–Trinajstić information content (AvgIpc) is 2.32. The second kappa shape index (κ2) is 6.94. The molecule has 0 aliphatic carbocycles. The third-order valence-corrected chi connectivity index (χ3v) is 3.54. The van der Waals surface area contributed by atoms with Gasteiger partial charge in [0, 0.05) is 5.54 Å². The molecule has 0 atom stereocenters. The Morgan fingerprint density at radius 1 is 0.957 bits per heavy atom. The van der Waals surface area contributed by atoms with E-state index in [2.05, 4.69) is 59.0 Å². The van der Waals surface area contributed by atoms with E-state index in [1.807, 2.05) is 26.0 Å². The maximum Gasteiger partial charge on any atom is 0.258 e. The van der Waals surface area contributed by atoms with E-state index in [4.69, 9.17) is 4.74 Å². The van der Waals surface area contributed by atoms with Crippen LogP contribution in [0.5, 0.6) is 5.75 Å². The van der Waals surface area contributed by atoms with Crippen molar-refractivity contribution in [2.45, 2.75) is 72.8 Å². The van der Waals surface area contributed by atoms with Crippen LogP contribution in [0.4, 0.5) is 0 Å². The molecule has 0 spiro atoms. The number of amides is 1. The fourth-order valence-corrected chi connectivity index (χ4v) is 2.98. The first-order valence-electron chi connectivity index (χ1n) is 8.33. The van der Waals surface area contributed by atoms with E-state index in [0.717, 1.165) is 12.2 Å². The second-order valence-corrected chi connectivity index (χ2v) is 9.23. The molecule has 1 amide bonds. The lowest BCUT2D eigenvalue weighted by Crippen LogP contribution is -2.47. The van der Waals surface area contributed by atoms with E-state index in [9.17, 15) is 4.79 Å². The smallest absolute Gasteiger partial charge is 0.258 e. The van der Waals surface area contributed by atoms with E-state index < -0.39 is 0 Å². The summed E-state index contributed by atoms with van der Waals surface area (Å²) < 4.78 is 5.60. The second-order valence-electron chi connectivity index (χ2n) is 9.23. The Hall–Kier alpha value is -1.51. The van der Waals surface area contributed by atoms with E-state index in [1.54, 1.807) is 0 Å². The molecule has 3 nitrogen and oxygen atoms in total. The van der Waals surface area contributed by atoms with Crippen molar-refractivity contribution in [3.63, 3.8) is 0 Å². The van der Waals surface area contributed by atoms with Crippen LogP contribution in [0.25, 0.3) is 0 Å². The van der Waals surface area contributed by atoms with Gasteiger partial charge < -0.3 is 10.1 Å². The minimum absolute atomic E-state index is 0.0441. The topological polar surface area (TPSA) is 38.3 Å². The normalized spacial score (nSPS) is 12.9. The van der Waals surface area contributed by atoms with Gasteiger partial charge in [0.15, 0.2) is 6.61 Å². The maximum atomic E-state index is 12.1. The van der Waals surface area contributed by atoms with Crippen molar-refractivity contribution in [1.82, 2.24) is 5.32 Å². The Morgan fingerprint density at radius 3 is 1.91 bits per heavy atom. The lowest BCUT2D eigenvalue weighted by molar-refractivity contribution is -0.125. The summed E-state index contributed by atoms with van der Waals surface area (Å²) in [5.41, 5.74) is 1.29. The molecule has 1 N–H and O–H groups in total. The standard InChI is InChI=1S/C20H33NO2/c1-18(2,3)14-20(7,8)21-17(22)13-23-16-11-9-15(10-12-16)19(4,5)6/h9-12H,13-14H2,1-8H3,(H,21,22). The lowest BCUT2D eigenvalue weighted by atomic mass is 9.82. The first-order valence-corrected chi connectivity index (χ1v) is 8.33. The first kappa shape index (κ1) is 19.5. The predicted molar refractivity (Wildman–Crippen MR) is 96.9 cm³/mol. The number of ether oxygens (including phenoxy) is 1. The summed E-state index contributed by atoms with van der Waals surface area (Å²) in [6, 6.07) is 7.95. The Bertz CT molecular complexity index is 516. The van der Waals surface area contributed by atoms with Crippen LogP contribution in [0.1, 0.15) is 67.4 Å². The molecule has 0 fully saturated rings. The van der Waals surface area contributed by atoms with Gasteiger partial charge in [-0.3, -0.25) is 4.79 Å². The largest absolute Gasteiger partial charge is 0.484 e. The molecular formula is C20H33NO2. The van der Waals surface area contributed by atoms with Gasteiger partial charge in [-0.05, 0) is 48.8 Å². The van der Waals surface area contributed by atoms with Gasteiger partial charge >= 0.3 is 0 Å². The highest BCUT2D eigenvalue weighted by molar-refractivity contribution is 5.78. The molecule has 1 rings (SSSR count). The van der Waals surface area contributed by atoms with E-state index in [-0.39, 0.29) is 28.9 Å². The molecule has 23 heavy (non-hydrogen) atoms. The van der Waals surface area contributed by atoms with Crippen LogP contribution in [0.2, 0.25) is 0 Å². The first-order chi connectivity index (χ1) is 10.3. The van der Waals surface area contributed by atoms with Gasteiger partial charge in [-0.15, -0.1) is 0 Å². The Balaban J connectivity index is 2.53. The zero-order valence-corrected chi connectivity index (χ0v) is 16.0. The number of carbonyl (C=O) groups is 1. The molecule has 3 heteroatoms. The fraction of sp³-hybridized carbons (Fsp3) is 0.650. The molecule has 0 unspecified atom stereocenters. The van der Waals surface area contributed by atoms with Crippen molar-refractivity contribution in [2.75, 3.05) is 6.61 Å². The maximum absolute atomic E-state index is 12.1. The van der Waals surface area contributed by atoms with Crippen molar-refractivity contribution in [3.8, 4) is 5.75 Å². The van der Waals surface area contributed by atoms with Crippen LogP contribution < -0.4 is 10.1 Å². The molecule has 0 saturated carbocycles. The molecule has 0 aliphatic rings. The number of nitrogens with one attached hydrogen (secondary N) is 1. The molecule has 1 aromatic carbocycles. The Kier molecular flexibility index (Phi) is 5.89. The average molecular weight is 319 g/mol. The predicted octanol–water partition coefficient (Wildman–Crippen LogP) is 4.69. The van der Waals surface area contributed by atoms with Gasteiger partial charge in [-0.1, -0.05) is 53.7 Å². The summed E-state index contributed by atoms with van der Waals surface area (Å²) in [7, 11) is 0. The minimum Gasteiger partial charge on any atom is -0.484 e. The molecular weight excluding hydrogens is 286 g/mol. The number of rotatable bonds is 5. The molecule has 0 heterocycles. The van der Waals surface area contributed by atoms with Crippen LogP contribution in [0.3, 0.4) is 0 Å². The van der Waals surface area contributed by atoms with Crippen LogP contribution >= 0.6 is 0 Å². The van der Waals surface area contributed by atoms with Gasteiger partial charge in [-0.2, -0.15) is 0 Å². The summed E-state index contributed by atoms with van der Waals surface area (Å²) in [6.07, 6.45) is 0.909. The van der Waals surface area contributed by atoms with E-state index >= 15 is 0 Å². The number of carbonyl (C=O) groups excluding carboxylic acids is 1. The van der Waals surface area contributed by atoms with E-state index in [1.165, 1.54) is 5.56 Å². The van der Waals surface area contributed by atoms with Crippen LogP contribution in [0, 0.1) is 5.41 Å². The molecule has 0 bridgehead atoms. The van der Waals surface area contributed by atoms with Crippen LogP contribution in [0.15, 0.2) is 24.3 Å². The third-order valence-electron chi connectivity index (χ3n) is 3.54. The van der Waals surface area contributed by atoms with Crippen molar-refractivity contribution < 1.29 is 9.53 Å². The molecule has 0 aliphatic heterocycles. The Labute approximate surface area is 141 Å². The van der Waals surface area contributed by atoms with Crippen LogP contribution in [-0.2, 0) is 10.2 Å². The quantitative estimate of drug-likeness (QED) is 0.854. The molecule has 0 radical (unpaired) electrons. The van der Waals surface area contributed by atoms with Crippen LogP contribution in [-0.4, -0.2) is 18.1 Å². The van der Waals surface area contributed by atoms with Crippen molar-refractivity contribution in [2.24, 2.45) is 5.41 Å². The monoisotopic (exact) mass is 319 g/mol. The SMILES string of the molecule is CC(C)(C)CC(C)(C)NC(=O)COc1ccc(C(C)(C)C)cc1. The summed E-state index contributed by atoms with van der Waals surface area (Å²) in [5, 5.41) is 3.05. The summed E-state index contributed by atoms with van der Waals surface area (Å²) in [5.74, 6) is 0.640. The third kappa shape index (κ3) is 7.54.